The Labute approximate surface area is 118 Å². The van der Waals surface area contributed by atoms with Gasteiger partial charge in [0, 0.05) is 17.1 Å². The highest BCUT2D eigenvalue weighted by molar-refractivity contribution is 9.10. The average molecular weight is 309 g/mol. The van der Waals surface area contributed by atoms with E-state index < -0.39 is 0 Å². The van der Waals surface area contributed by atoms with Crippen molar-refractivity contribution >= 4 is 15.9 Å². The van der Waals surface area contributed by atoms with Crippen molar-refractivity contribution in [2.24, 2.45) is 11.7 Å². The molecule has 0 spiro atoms. The normalized spacial score (nSPS) is 27.7. The van der Waals surface area contributed by atoms with Crippen LogP contribution in [0.25, 0.3) is 0 Å². The monoisotopic (exact) mass is 308 g/mol. The number of rotatable bonds is 2. The molecule has 1 fully saturated rings. The third-order valence-corrected chi connectivity index (χ3v) is 5.24. The molecule has 2 N–H and O–H groups in total. The van der Waals surface area contributed by atoms with E-state index in [2.05, 4.69) is 40.0 Å². The lowest BCUT2D eigenvalue weighted by atomic mass is 9.97. The molecule has 0 amide bonds. The largest absolute Gasteiger partial charge is 0.330 e. The van der Waals surface area contributed by atoms with E-state index in [0.29, 0.717) is 12.0 Å². The van der Waals surface area contributed by atoms with Crippen molar-refractivity contribution in [1.29, 1.82) is 0 Å². The minimum atomic E-state index is 0.556. The Morgan fingerprint density at radius 2 is 2.22 bits per heavy atom. The van der Waals surface area contributed by atoms with Crippen molar-refractivity contribution in [3.05, 3.63) is 33.3 Å². The van der Waals surface area contributed by atoms with Crippen LogP contribution in [-0.4, -0.2) is 25.0 Å². The Morgan fingerprint density at radius 3 is 2.94 bits per heavy atom. The molecule has 2 aliphatic rings. The molecular weight excluding hydrogens is 288 g/mol. The van der Waals surface area contributed by atoms with Gasteiger partial charge in [0.1, 0.15) is 0 Å². The molecule has 1 aromatic carbocycles. The van der Waals surface area contributed by atoms with Crippen molar-refractivity contribution in [1.82, 2.24) is 4.90 Å². The predicted octanol–water partition coefficient (Wildman–Crippen LogP) is 2.89. The van der Waals surface area contributed by atoms with Crippen LogP contribution in [0.5, 0.6) is 0 Å². The van der Waals surface area contributed by atoms with E-state index in [4.69, 9.17) is 5.73 Å². The van der Waals surface area contributed by atoms with Crippen molar-refractivity contribution in [3.63, 3.8) is 0 Å². The zero-order valence-electron chi connectivity index (χ0n) is 11.0. The fraction of sp³-hybridized carbons (Fsp3) is 0.600. The van der Waals surface area contributed by atoms with E-state index >= 15 is 0 Å². The van der Waals surface area contributed by atoms with Gasteiger partial charge in [0.25, 0.3) is 0 Å². The van der Waals surface area contributed by atoms with E-state index in [1.165, 1.54) is 41.3 Å². The number of aryl methyl sites for hydroxylation is 1. The van der Waals surface area contributed by atoms with Gasteiger partial charge in [0.05, 0.1) is 0 Å². The van der Waals surface area contributed by atoms with E-state index in [-0.39, 0.29) is 0 Å². The van der Waals surface area contributed by atoms with Crippen molar-refractivity contribution in [3.8, 4) is 0 Å². The maximum atomic E-state index is 5.82. The van der Waals surface area contributed by atoms with E-state index in [9.17, 15) is 0 Å². The molecule has 2 unspecified atom stereocenters. The summed E-state index contributed by atoms with van der Waals surface area (Å²) in [5.74, 6) is 0.659. The molecule has 0 bridgehead atoms. The van der Waals surface area contributed by atoms with Crippen LogP contribution in [0.4, 0.5) is 0 Å². The Morgan fingerprint density at radius 1 is 1.39 bits per heavy atom. The van der Waals surface area contributed by atoms with Crippen LogP contribution >= 0.6 is 15.9 Å². The second-order valence-corrected chi connectivity index (χ2v) is 6.64. The van der Waals surface area contributed by atoms with E-state index in [0.717, 1.165) is 13.1 Å². The van der Waals surface area contributed by atoms with Crippen LogP contribution in [0.15, 0.2) is 16.6 Å². The SMILES string of the molecule is CN1CC(CN)CC1c1cc(Br)c2c(c1)CCC2. The molecule has 18 heavy (non-hydrogen) atoms. The number of fused-ring (bicyclic) bond motifs is 1. The number of hydrogen-bond acceptors (Lipinski definition) is 2. The lowest BCUT2D eigenvalue weighted by Crippen LogP contribution is -2.20. The maximum absolute atomic E-state index is 5.82. The fourth-order valence-corrected chi connectivity index (χ4v) is 4.25. The summed E-state index contributed by atoms with van der Waals surface area (Å²) in [7, 11) is 2.22. The Bertz CT molecular complexity index is 458. The van der Waals surface area contributed by atoms with E-state index in [1.54, 1.807) is 5.56 Å². The molecule has 1 saturated heterocycles. The molecule has 1 aliphatic carbocycles. The predicted molar refractivity (Wildman–Crippen MR) is 78.7 cm³/mol. The molecule has 1 aliphatic heterocycles. The lowest BCUT2D eigenvalue weighted by molar-refractivity contribution is 0.313. The molecule has 98 valence electrons. The van der Waals surface area contributed by atoms with Crippen LogP contribution in [0, 0.1) is 5.92 Å². The Balaban J connectivity index is 1.91. The topological polar surface area (TPSA) is 29.3 Å². The third-order valence-electron chi connectivity index (χ3n) is 4.54. The summed E-state index contributed by atoms with van der Waals surface area (Å²) in [4.78, 5) is 2.46. The quantitative estimate of drug-likeness (QED) is 0.910. The molecular formula is C15H21BrN2. The summed E-state index contributed by atoms with van der Waals surface area (Å²) < 4.78 is 1.32. The second-order valence-electron chi connectivity index (χ2n) is 5.79. The average Bonchev–Trinajstić information content (AvgIpc) is 2.95. The molecule has 0 saturated carbocycles. The second kappa shape index (κ2) is 4.95. The van der Waals surface area contributed by atoms with Crippen LogP contribution in [0.1, 0.15) is 35.6 Å². The van der Waals surface area contributed by atoms with Crippen LogP contribution in [-0.2, 0) is 12.8 Å². The van der Waals surface area contributed by atoms with Crippen LogP contribution in [0.2, 0.25) is 0 Å². The van der Waals surface area contributed by atoms with Crippen LogP contribution in [0.3, 0.4) is 0 Å². The first-order chi connectivity index (χ1) is 8.69. The summed E-state index contributed by atoms with van der Waals surface area (Å²) >= 11 is 3.75. The molecule has 0 aromatic heterocycles. The van der Waals surface area contributed by atoms with Gasteiger partial charge in [-0.3, -0.25) is 4.90 Å². The van der Waals surface area contributed by atoms with Gasteiger partial charge in [0.15, 0.2) is 0 Å². The summed E-state index contributed by atoms with van der Waals surface area (Å²) in [6.45, 7) is 1.95. The minimum Gasteiger partial charge on any atom is -0.330 e. The lowest BCUT2D eigenvalue weighted by Gasteiger charge is -2.21. The molecule has 0 radical (unpaired) electrons. The number of halogens is 1. The van der Waals surface area contributed by atoms with Gasteiger partial charge in [-0.15, -0.1) is 0 Å². The fourth-order valence-electron chi connectivity index (χ4n) is 3.53. The van der Waals surface area contributed by atoms with Crippen molar-refractivity contribution in [2.45, 2.75) is 31.7 Å². The highest BCUT2D eigenvalue weighted by Crippen LogP contribution is 2.38. The van der Waals surface area contributed by atoms with Crippen LogP contribution < -0.4 is 5.73 Å². The molecule has 1 heterocycles. The molecule has 3 heteroatoms. The number of benzene rings is 1. The number of likely N-dealkylation sites (tertiary alicyclic amines) is 1. The minimum absolute atomic E-state index is 0.556. The van der Waals surface area contributed by atoms with Crippen molar-refractivity contribution in [2.75, 3.05) is 20.1 Å². The van der Waals surface area contributed by atoms with Gasteiger partial charge < -0.3 is 5.73 Å². The van der Waals surface area contributed by atoms with Gasteiger partial charge in [-0.05, 0) is 68.0 Å². The number of nitrogens with zero attached hydrogens (tertiary/aromatic N) is 1. The molecule has 1 aromatic rings. The summed E-state index contributed by atoms with van der Waals surface area (Å²) in [5, 5.41) is 0. The summed E-state index contributed by atoms with van der Waals surface area (Å²) in [6, 6.07) is 5.33. The van der Waals surface area contributed by atoms with Crippen molar-refractivity contribution < 1.29 is 0 Å². The third kappa shape index (κ3) is 2.13. The highest BCUT2D eigenvalue weighted by atomic mass is 79.9. The zero-order valence-corrected chi connectivity index (χ0v) is 12.5. The van der Waals surface area contributed by atoms with Gasteiger partial charge in [0.2, 0.25) is 0 Å². The first-order valence-corrected chi connectivity index (χ1v) is 7.70. The first kappa shape index (κ1) is 12.6. The number of nitrogens with two attached hydrogens (primary N) is 1. The Kier molecular flexibility index (Phi) is 3.48. The molecule has 2 nitrogen and oxygen atoms in total. The Hall–Kier alpha value is -0.380. The summed E-state index contributed by atoms with van der Waals surface area (Å²) in [6.07, 6.45) is 5.00. The van der Waals surface area contributed by atoms with Gasteiger partial charge >= 0.3 is 0 Å². The first-order valence-electron chi connectivity index (χ1n) is 6.90. The summed E-state index contributed by atoms with van der Waals surface area (Å²) in [5.41, 5.74) is 10.4. The highest BCUT2D eigenvalue weighted by Gasteiger charge is 2.30. The number of hydrogen-bond donors (Lipinski definition) is 1. The van der Waals surface area contributed by atoms with Gasteiger partial charge in [-0.25, -0.2) is 0 Å². The smallest absolute Gasteiger partial charge is 0.0349 e. The van der Waals surface area contributed by atoms with E-state index in [1.807, 2.05) is 0 Å². The zero-order chi connectivity index (χ0) is 12.7. The standard InChI is InChI=1S/C15H21BrN2/c1-18-9-10(8-17)5-15(18)12-6-11-3-2-4-13(11)14(16)7-12/h6-7,10,15H,2-5,8-9,17H2,1H3. The molecule has 2 atom stereocenters. The van der Waals surface area contributed by atoms with Gasteiger partial charge in [-0.2, -0.15) is 0 Å². The van der Waals surface area contributed by atoms with Gasteiger partial charge in [-0.1, -0.05) is 22.0 Å². The molecule has 3 rings (SSSR count). The maximum Gasteiger partial charge on any atom is 0.0349 e.